The molecule has 1 aliphatic rings. The molecule has 0 saturated carbocycles. The highest BCUT2D eigenvalue weighted by molar-refractivity contribution is 6.34. The zero-order valence-electron chi connectivity index (χ0n) is 19.7. The number of nitrogens with two attached hydrogens (primary N) is 1. The number of hydrogen-bond acceptors (Lipinski definition) is 5. The third-order valence-electron chi connectivity index (χ3n) is 5.96. The molecule has 3 atom stereocenters. The Morgan fingerprint density at radius 2 is 1.84 bits per heavy atom. The van der Waals surface area contributed by atoms with E-state index in [2.05, 4.69) is 15.6 Å². The molecule has 1 aromatic heterocycles. The summed E-state index contributed by atoms with van der Waals surface area (Å²) in [5, 5.41) is 4.84. The molecule has 2 aromatic rings. The van der Waals surface area contributed by atoms with Crippen molar-refractivity contribution >= 4 is 46.5 Å². The number of nitrogens with one attached hydrogen (secondary N) is 2. The highest BCUT2D eigenvalue weighted by atomic mass is 35.5. The van der Waals surface area contributed by atoms with Crippen LogP contribution in [0.3, 0.4) is 0 Å². The smallest absolute Gasteiger partial charge is 0.369 e. The number of benzene rings is 1. The Balaban J connectivity index is 1.99. The van der Waals surface area contributed by atoms with E-state index in [-0.39, 0.29) is 22.2 Å². The van der Waals surface area contributed by atoms with Gasteiger partial charge in [-0.3, -0.25) is 14.4 Å². The van der Waals surface area contributed by atoms with Gasteiger partial charge in [-0.05, 0) is 30.7 Å². The lowest BCUT2D eigenvalue weighted by atomic mass is 9.88. The van der Waals surface area contributed by atoms with E-state index in [1.165, 1.54) is 36.1 Å². The molecule has 0 fully saturated rings. The minimum Gasteiger partial charge on any atom is -0.369 e. The third-order valence-corrected chi connectivity index (χ3v) is 6.27. The zero-order chi connectivity index (χ0) is 28.4. The summed E-state index contributed by atoms with van der Waals surface area (Å²) in [7, 11) is 0. The van der Waals surface area contributed by atoms with E-state index in [4.69, 9.17) is 17.3 Å². The Kier molecular flexibility index (Phi) is 8.44. The number of nitrogens with zero attached hydrogens (tertiary/aromatic N) is 2. The van der Waals surface area contributed by atoms with Gasteiger partial charge in [-0.25, -0.2) is 4.98 Å². The minimum absolute atomic E-state index is 0.0225. The fourth-order valence-corrected chi connectivity index (χ4v) is 4.12. The van der Waals surface area contributed by atoms with Crippen molar-refractivity contribution in [3.05, 3.63) is 47.1 Å². The lowest BCUT2D eigenvalue weighted by Gasteiger charge is -2.28. The van der Waals surface area contributed by atoms with Crippen molar-refractivity contribution in [1.82, 2.24) is 10.3 Å². The third kappa shape index (κ3) is 6.85. The van der Waals surface area contributed by atoms with E-state index in [1.807, 2.05) is 0 Å². The first-order chi connectivity index (χ1) is 17.6. The number of hydrogen-bond donors (Lipinski definition) is 3. The molecular weight excluding hydrogens is 544 g/mol. The molecule has 2 heterocycles. The van der Waals surface area contributed by atoms with E-state index in [0.717, 1.165) is 12.1 Å². The largest absolute Gasteiger partial charge is 0.433 e. The first-order valence-corrected chi connectivity index (χ1v) is 11.5. The lowest BCUT2D eigenvalue weighted by Crippen LogP contribution is -2.51. The van der Waals surface area contributed by atoms with Crippen LogP contribution in [0.2, 0.25) is 5.02 Å². The Labute approximate surface area is 217 Å². The molecule has 1 aliphatic heterocycles. The molecule has 0 unspecified atom stereocenters. The number of anilines is 3. The van der Waals surface area contributed by atoms with Crippen LogP contribution in [0, 0.1) is 11.8 Å². The number of rotatable bonds is 7. The number of halogens is 7. The van der Waals surface area contributed by atoms with Gasteiger partial charge < -0.3 is 21.3 Å². The number of carbonyl (C=O) groups excluding carboxylic acids is 3. The van der Waals surface area contributed by atoms with Gasteiger partial charge in [0.25, 0.3) is 0 Å². The van der Waals surface area contributed by atoms with E-state index in [1.54, 1.807) is 0 Å². The summed E-state index contributed by atoms with van der Waals surface area (Å²) in [6, 6.07) is 5.96. The summed E-state index contributed by atoms with van der Waals surface area (Å²) < 4.78 is 78.5. The lowest BCUT2D eigenvalue weighted by molar-refractivity contribution is -0.146. The fraction of sp³-hybridized carbons (Fsp3) is 0.391. The maximum absolute atomic E-state index is 13.3. The summed E-state index contributed by atoms with van der Waals surface area (Å²) in [6.45, 7) is 0.723. The number of para-hydroxylation sites is 1. The number of amides is 3. The summed E-state index contributed by atoms with van der Waals surface area (Å²) >= 11 is 6.21. The second kappa shape index (κ2) is 11.1. The second-order valence-corrected chi connectivity index (χ2v) is 9.03. The van der Waals surface area contributed by atoms with Crippen molar-refractivity contribution in [3.63, 3.8) is 0 Å². The Morgan fingerprint density at radius 3 is 2.45 bits per heavy atom. The van der Waals surface area contributed by atoms with Crippen LogP contribution in [0.25, 0.3) is 0 Å². The fourth-order valence-electron chi connectivity index (χ4n) is 3.90. The van der Waals surface area contributed by atoms with Gasteiger partial charge in [-0.2, -0.15) is 26.3 Å². The SMILES string of the molecule is C[C@H](C(N)=O)[C@@H](CCC(F)(F)F)C(=O)N[C@H]1CN(c2cccc(C(F)(F)F)n2)c2cccc(Cl)c2NC1=O. The number of primary amides is 1. The molecular formula is C23H22ClF6N5O3. The van der Waals surface area contributed by atoms with Crippen molar-refractivity contribution < 1.29 is 40.7 Å². The molecule has 3 rings (SSSR count). The predicted molar refractivity (Wildman–Crippen MR) is 125 cm³/mol. The number of aromatic nitrogens is 1. The van der Waals surface area contributed by atoms with Crippen molar-refractivity contribution in [2.24, 2.45) is 17.6 Å². The Hall–Kier alpha value is -3.55. The summed E-state index contributed by atoms with van der Waals surface area (Å²) in [6.07, 6.45) is -11.6. The first kappa shape index (κ1) is 29.0. The van der Waals surface area contributed by atoms with Gasteiger partial charge in [0.2, 0.25) is 17.7 Å². The topological polar surface area (TPSA) is 117 Å². The van der Waals surface area contributed by atoms with Gasteiger partial charge in [0.15, 0.2) is 0 Å². The standard InChI is InChI=1S/C23H22ClF6N5O3/c1-11(19(31)36)12(8-9-22(25,26)27)20(37)32-14-10-35(17-7-3-6-16(33-17)23(28,29)30)15-5-2-4-13(24)18(15)34-21(14)38/h2-7,11-12,14H,8-10H2,1H3,(H2,31,36)(H,32,37)(H,34,38)/t11-,12+,14-/m0/s1. The highest BCUT2D eigenvalue weighted by Crippen LogP contribution is 2.39. The van der Waals surface area contributed by atoms with Gasteiger partial charge >= 0.3 is 12.4 Å². The monoisotopic (exact) mass is 565 g/mol. The second-order valence-electron chi connectivity index (χ2n) is 8.63. The van der Waals surface area contributed by atoms with Crippen molar-refractivity contribution in [2.75, 3.05) is 16.8 Å². The van der Waals surface area contributed by atoms with Crippen molar-refractivity contribution in [1.29, 1.82) is 0 Å². The zero-order valence-corrected chi connectivity index (χ0v) is 20.4. The average molecular weight is 566 g/mol. The molecule has 15 heteroatoms. The highest BCUT2D eigenvalue weighted by Gasteiger charge is 2.39. The van der Waals surface area contributed by atoms with Crippen molar-refractivity contribution in [2.45, 2.75) is 38.2 Å². The number of carbonyl (C=O) groups is 3. The Morgan fingerprint density at radius 1 is 1.18 bits per heavy atom. The van der Waals surface area contributed by atoms with Crippen LogP contribution in [0.4, 0.5) is 43.5 Å². The molecule has 1 aromatic carbocycles. The summed E-state index contributed by atoms with van der Waals surface area (Å²) in [5.74, 6) is -6.00. The minimum atomic E-state index is -4.78. The van der Waals surface area contributed by atoms with E-state index >= 15 is 0 Å². The molecule has 0 bridgehead atoms. The maximum atomic E-state index is 13.3. The Bertz CT molecular complexity index is 1220. The summed E-state index contributed by atoms with van der Waals surface area (Å²) in [4.78, 5) is 42.6. The molecule has 0 spiro atoms. The van der Waals surface area contributed by atoms with E-state index in [0.29, 0.717) is 0 Å². The quantitative estimate of drug-likeness (QED) is 0.430. The molecule has 0 saturated heterocycles. The average Bonchev–Trinajstić information content (AvgIpc) is 2.95. The number of pyridine rings is 1. The van der Waals surface area contributed by atoms with Gasteiger partial charge in [0.05, 0.1) is 22.9 Å². The first-order valence-electron chi connectivity index (χ1n) is 11.2. The molecule has 0 radical (unpaired) electrons. The van der Waals surface area contributed by atoms with Gasteiger partial charge in [-0.15, -0.1) is 0 Å². The number of alkyl halides is 6. The van der Waals surface area contributed by atoms with Crippen LogP contribution >= 0.6 is 11.6 Å². The van der Waals surface area contributed by atoms with Crippen LogP contribution in [0.15, 0.2) is 36.4 Å². The molecule has 38 heavy (non-hydrogen) atoms. The van der Waals surface area contributed by atoms with Gasteiger partial charge in [0.1, 0.15) is 17.6 Å². The van der Waals surface area contributed by atoms with Crippen LogP contribution in [0.1, 0.15) is 25.5 Å². The van der Waals surface area contributed by atoms with Crippen LogP contribution in [0.5, 0.6) is 0 Å². The van der Waals surface area contributed by atoms with Crippen LogP contribution < -0.4 is 21.3 Å². The van der Waals surface area contributed by atoms with E-state index in [9.17, 15) is 40.7 Å². The normalized spacial score (nSPS) is 17.6. The molecule has 4 N–H and O–H groups in total. The van der Waals surface area contributed by atoms with Gasteiger partial charge in [-0.1, -0.05) is 30.7 Å². The number of fused-ring (bicyclic) bond motifs is 1. The van der Waals surface area contributed by atoms with Crippen LogP contribution in [-0.2, 0) is 20.6 Å². The maximum Gasteiger partial charge on any atom is 0.433 e. The summed E-state index contributed by atoms with van der Waals surface area (Å²) in [5.41, 5.74) is 4.18. The molecule has 8 nitrogen and oxygen atoms in total. The predicted octanol–water partition coefficient (Wildman–Crippen LogP) is 4.41. The molecule has 0 aliphatic carbocycles. The van der Waals surface area contributed by atoms with Gasteiger partial charge in [0, 0.05) is 18.3 Å². The molecule has 3 amide bonds. The van der Waals surface area contributed by atoms with Crippen molar-refractivity contribution in [3.8, 4) is 0 Å². The molecule has 206 valence electrons. The van der Waals surface area contributed by atoms with Crippen LogP contribution in [-0.4, -0.2) is 41.5 Å². The van der Waals surface area contributed by atoms with E-state index < -0.39 is 73.0 Å².